The lowest BCUT2D eigenvalue weighted by atomic mass is 9.81. The van der Waals surface area contributed by atoms with E-state index in [0.29, 0.717) is 12.1 Å². The van der Waals surface area contributed by atoms with Gasteiger partial charge >= 0.3 is 0 Å². The van der Waals surface area contributed by atoms with Gasteiger partial charge in [-0.15, -0.1) is 0 Å². The monoisotopic (exact) mass is 235 g/mol. The Morgan fingerprint density at radius 2 is 1.88 bits per heavy atom. The summed E-state index contributed by atoms with van der Waals surface area (Å²) >= 11 is 0. The van der Waals surface area contributed by atoms with Crippen LogP contribution < -0.4 is 5.32 Å². The summed E-state index contributed by atoms with van der Waals surface area (Å²) in [7, 11) is 0. The molecular formula is C15H22FN. The van der Waals surface area contributed by atoms with Crippen LogP contribution in [0.15, 0.2) is 24.3 Å². The molecule has 0 heterocycles. The van der Waals surface area contributed by atoms with Crippen molar-refractivity contribution in [3.05, 3.63) is 35.6 Å². The van der Waals surface area contributed by atoms with E-state index in [-0.39, 0.29) is 5.82 Å². The van der Waals surface area contributed by atoms with Crippen molar-refractivity contribution in [1.82, 2.24) is 5.32 Å². The van der Waals surface area contributed by atoms with Gasteiger partial charge in [0.25, 0.3) is 0 Å². The second-order valence-corrected chi connectivity index (χ2v) is 5.37. The summed E-state index contributed by atoms with van der Waals surface area (Å²) < 4.78 is 12.8. The van der Waals surface area contributed by atoms with E-state index >= 15 is 0 Å². The Bertz CT molecular complexity index is 342. The van der Waals surface area contributed by atoms with Gasteiger partial charge in [0.2, 0.25) is 0 Å². The lowest BCUT2D eigenvalue weighted by Gasteiger charge is -2.30. The molecule has 1 N–H and O–H groups in total. The molecule has 1 unspecified atom stereocenters. The second kappa shape index (κ2) is 5.63. The maximum Gasteiger partial charge on any atom is 0.123 e. The smallest absolute Gasteiger partial charge is 0.123 e. The van der Waals surface area contributed by atoms with E-state index in [1.54, 1.807) is 0 Å². The van der Waals surface area contributed by atoms with Crippen LogP contribution >= 0.6 is 0 Å². The molecule has 1 aromatic rings. The van der Waals surface area contributed by atoms with Gasteiger partial charge < -0.3 is 5.32 Å². The van der Waals surface area contributed by atoms with Crippen LogP contribution in [-0.2, 0) is 0 Å². The van der Waals surface area contributed by atoms with Gasteiger partial charge in [0, 0.05) is 12.1 Å². The summed E-state index contributed by atoms with van der Waals surface area (Å²) in [5, 5.41) is 3.59. The lowest BCUT2D eigenvalue weighted by molar-refractivity contribution is 0.259. The highest BCUT2D eigenvalue weighted by Crippen LogP contribution is 2.30. The molecule has 1 fully saturated rings. The fourth-order valence-corrected chi connectivity index (χ4v) is 2.57. The molecule has 2 rings (SSSR count). The van der Waals surface area contributed by atoms with Gasteiger partial charge in [-0.3, -0.25) is 0 Å². The van der Waals surface area contributed by atoms with Gasteiger partial charge in [-0.1, -0.05) is 31.4 Å². The van der Waals surface area contributed by atoms with E-state index in [0.717, 1.165) is 11.5 Å². The minimum atomic E-state index is -0.163. The minimum absolute atomic E-state index is 0.163. The highest BCUT2D eigenvalue weighted by atomic mass is 19.1. The van der Waals surface area contributed by atoms with Crippen molar-refractivity contribution >= 4 is 0 Å². The molecule has 94 valence electrons. The third-order valence-electron chi connectivity index (χ3n) is 3.82. The summed E-state index contributed by atoms with van der Waals surface area (Å²) in [4.78, 5) is 0. The third kappa shape index (κ3) is 3.53. The van der Waals surface area contributed by atoms with Crippen LogP contribution in [-0.4, -0.2) is 6.04 Å². The fraction of sp³-hybridized carbons (Fsp3) is 0.600. The Morgan fingerprint density at radius 1 is 1.24 bits per heavy atom. The van der Waals surface area contributed by atoms with Crippen LogP contribution in [0.5, 0.6) is 0 Å². The molecule has 0 aliphatic heterocycles. The second-order valence-electron chi connectivity index (χ2n) is 5.37. The molecule has 0 amide bonds. The topological polar surface area (TPSA) is 12.0 Å². The summed E-state index contributed by atoms with van der Waals surface area (Å²) in [6, 6.07) is 7.63. The molecule has 2 heteroatoms. The van der Waals surface area contributed by atoms with Gasteiger partial charge in [-0.2, -0.15) is 0 Å². The maximum atomic E-state index is 12.8. The standard InChI is InChI=1S/C15H22FN/c1-11(10-13-4-3-5-13)17-12(2)14-6-8-15(16)9-7-14/h6-9,11-13,17H,3-5,10H2,1-2H3/t11?,12-/m0/s1. The summed E-state index contributed by atoms with van der Waals surface area (Å²) in [6.07, 6.45) is 5.48. The molecular weight excluding hydrogens is 213 g/mol. The van der Waals surface area contributed by atoms with Crippen LogP contribution in [0.4, 0.5) is 4.39 Å². The first kappa shape index (κ1) is 12.6. The van der Waals surface area contributed by atoms with Gasteiger partial charge in [-0.05, 0) is 43.9 Å². The van der Waals surface area contributed by atoms with Crippen LogP contribution in [0.2, 0.25) is 0 Å². The normalized spacial score (nSPS) is 19.7. The Kier molecular flexibility index (Phi) is 4.16. The Balaban J connectivity index is 1.82. The van der Waals surface area contributed by atoms with Crippen molar-refractivity contribution in [3.8, 4) is 0 Å². The van der Waals surface area contributed by atoms with Gasteiger partial charge in [-0.25, -0.2) is 4.39 Å². The molecule has 0 saturated heterocycles. The summed E-state index contributed by atoms with van der Waals surface area (Å²) in [5.41, 5.74) is 1.16. The average molecular weight is 235 g/mol. The molecule has 1 saturated carbocycles. The summed E-state index contributed by atoms with van der Waals surface area (Å²) in [5.74, 6) is 0.765. The molecule has 1 aliphatic rings. The van der Waals surface area contributed by atoms with Crippen LogP contribution in [0, 0.1) is 11.7 Å². The molecule has 1 aliphatic carbocycles. The van der Waals surface area contributed by atoms with Crippen molar-refractivity contribution in [2.45, 2.75) is 51.6 Å². The number of hydrogen-bond acceptors (Lipinski definition) is 1. The molecule has 0 radical (unpaired) electrons. The van der Waals surface area contributed by atoms with Crippen molar-refractivity contribution in [2.24, 2.45) is 5.92 Å². The van der Waals surface area contributed by atoms with Crippen molar-refractivity contribution in [2.75, 3.05) is 0 Å². The van der Waals surface area contributed by atoms with Crippen LogP contribution in [0.25, 0.3) is 0 Å². The van der Waals surface area contributed by atoms with E-state index < -0.39 is 0 Å². The van der Waals surface area contributed by atoms with Crippen molar-refractivity contribution < 1.29 is 4.39 Å². The number of halogens is 1. The molecule has 1 nitrogen and oxygen atoms in total. The van der Waals surface area contributed by atoms with E-state index in [2.05, 4.69) is 19.2 Å². The first-order valence-electron chi connectivity index (χ1n) is 6.66. The number of nitrogens with one attached hydrogen (secondary N) is 1. The highest BCUT2D eigenvalue weighted by molar-refractivity contribution is 5.19. The van der Waals surface area contributed by atoms with E-state index in [9.17, 15) is 4.39 Å². The highest BCUT2D eigenvalue weighted by Gasteiger charge is 2.20. The molecule has 0 bridgehead atoms. The van der Waals surface area contributed by atoms with Crippen LogP contribution in [0.3, 0.4) is 0 Å². The number of benzene rings is 1. The van der Waals surface area contributed by atoms with Gasteiger partial charge in [0.1, 0.15) is 5.82 Å². The molecule has 1 aromatic carbocycles. The zero-order chi connectivity index (χ0) is 12.3. The van der Waals surface area contributed by atoms with Gasteiger partial charge in [0.15, 0.2) is 0 Å². The molecule has 0 aromatic heterocycles. The largest absolute Gasteiger partial charge is 0.308 e. The number of rotatable bonds is 5. The maximum absolute atomic E-state index is 12.8. The Morgan fingerprint density at radius 3 is 2.41 bits per heavy atom. The predicted molar refractivity (Wildman–Crippen MR) is 69.4 cm³/mol. The van der Waals surface area contributed by atoms with Crippen molar-refractivity contribution in [3.63, 3.8) is 0 Å². The van der Waals surface area contributed by atoms with E-state index in [1.807, 2.05) is 12.1 Å². The molecule has 17 heavy (non-hydrogen) atoms. The zero-order valence-electron chi connectivity index (χ0n) is 10.7. The average Bonchev–Trinajstić information content (AvgIpc) is 2.24. The first-order valence-corrected chi connectivity index (χ1v) is 6.66. The summed E-state index contributed by atoms with van der Waals surface area (Å²) in [6.45, 7) is 4.39. The molecule has 0 spiro atoms. The van der Waals surface area contributed by atoms with E-state index in [4.69, 9.17) is 0 Å². The number of hydrogen-bond donors (Lipinski definition) is 1. The third-order valence-corrected chi connectivity index (χ3v) is 3.82. The van der Waals surface area contributed by atoms with E-state index in [1.165, 1.54) is 37.8 Å². The quantitative estimate of drug-likeness (QED) is 0.811. The lowest BCUT2D eigenvalue weighted by Crippen LogP contribution is -2.32. The van der Waals surface area contributed by atoms with Gasteiger partial charge in [0.05, 0.1) is 0 Å². The molecule has 2 atom stereocenters. The first-order chi connectivity index (χ1) is 8.15. The van der Waals surface area contributed by atoms with Crippen LogP contribution in [0.1, 0.15) is 51.1 Å². The predicted octanol–water partition coefficient (Wildman–Crippen LogP) is 4.06. The fourth-order valence-electron chi connectivity index (χ4n) is 2.57. The Hall–Kier alpha value is -0.890. The Labute approximate surface area is 103 Å². The zero-order valence-corrected chi connectivity index (χ0v) is 10.7. The SMILES string of the molecule is CC(CC1CCC1)N[C@@H](C)c1ccc(F)cc1. The van der Waals surface area contributed by atoms with Crippen molar-refractivity contribution in [1.29, 1.82) is 0 Å². The minimum Gasteiger partial charge on any atom is -0.308 e.